The third-order valence-electron chi connectivity index (χ3n) is 8.44. The molecule has 0 aliphatic carbocycles. The van der Waals surface area contributed by atoms with E-state index in [9.17, 15) is 37.1 Å². The van der Waals surface area contributed by atoms with Crippen LogP contribution in [0.5, 0.6) is 0 Å². The average Bonchev–Trinajstić information content (AvgIpc) is 3.77. The van der Waals surface area contributed by atoms with Crippen LogP contribution in [0.15, 0.2) is 48.5 Å². The van der Waals surface area contributed by atoms with E-state index in [-0.39, 0.29) is 25.4 Å². The lowest BCUT2D eigenvalue weighted by molar-refractivity contribution is -0.192. The second-order valence-corrected chi connectivity index (χ2v) is 11.9. The largest absolute Gasteiger partial charge is 0.490 e. The molecule has 0 aromatic heterocycles. The predicted octanol–water partition coefficient (Wildman–Crippen LogP) is 2.20. The first kappa shape index (κ1) is 39.1. The minimum atomic E-state index is -5.08. The average molecular weight is 705 g/mol. The summed E-state index contributed by atoms with van der Waals surface area (Å²) in [4.78, 5) is 72.5. The van der Waals surface area contributed by atoms with Gasteiger partial charge in [-0.3, -0.25) is 20.3 Å². The lowest BCUT2D eigenvalue weighted by Gasteiger charge is -2.27. The van der Waals surface area contributed by atoms with Crippen molar-refractivity contribution in [3.8, 4) is 0 Å². The maximum atomic E-state index is 13.5. The maximum Gasteiger partial charge on any atom is 0.490 e. The molecule has 2 aromatic carbocycles. The molecule has 2 aromatic rings. The Labute approximate surface area is 285 Å². The molecule has 2 heterocycles. The van der Waals surface area contributed by atoms with Gasteiger partial charge in [-0.15, -0.1) is 0 Å². The van der Waals surface area contributed by atoms with Crippen molar-refractivity contribution in [2.45, 2.75) is 75.4 Å². The number of nitrogens with one attached hydrogen (secondary N) is 5. The molecule has 14 nitrogen and oxygen atoms in total. The highest BCUT2D eigenvalue weighted by molar-refractivity contribution is 6.10. The number of hydrogen-bond donors (Lipinski definition) is 7. The van der Waals surface area contributed by atoms with Crippen molar-refractivity contribution in [3.05, 3.63) is 65.2 Å². The quantitative estimate of drug-likeness (QED) is 0.0354. The van der Waals surface area contributed by atoms with Crippen molar-refractivity contribution in [1.29, 1.82) is 5.41 Å². The number of ether oxygens (including phenoxy) is 1. The van der Waals surface area contributed by atoms with Crippen molar-refractivity contribution >= 4 is 48.0 Å². The molecule has 2 aliphatic rings. The number of rotatable bonds is 15. The number of alkyl halides is 3. The van der Waals surface area contributed by atoms with Crippen LogP contribution in [0.1, 0.15) is 60.5 Å². The zero-order valence-electron chi connectivity index (χ0n) is 27.1. The molecule has 4 atom stereocenters. The number of hydrogen-bond acceptors (Lipinski definition) is 9. The van der Waals surface area contributed by atoms with Gasteiger partial charge >= 0.3 is 18.1 Å². The summed E-state index contributed by atoms with van der Waals surface area (Å²) < 4.78 is 37.3. The van der Waals surface area contributed by atoms with Crippen LogP contribution < -0.4 is 27.0 Å². The van der Waals surface area contributed by atoms with Gasteiger partial charge in [0.2, 0.25) is 5.91 Å². The number of benzene rings is 2. The van der Waals surface area contributed by atoms with Crippen molar-refractivity contribution in [3.63, 3.8) is 0 Å². The molecule has 2 amide bonds. The van der Waals surface area contributed by atoms with Crippen molar-refractivity contribution in [2.24, 2.45) is 11.7 Å². The number of unbranched alkanes of at least 4 members (excludes halogenated alkanes) is 2. The van der Waals surface area contributed by atoms with Crippen LogP contribution in [0.25, 0.3) is 0 Å². The Bertz CT molecular complexity index is 1590. The summed E-state index contributed by atoms with van der Waals surface area (Å²) in [5.41, 5.74) is 4.71. The van der Waals surface area contributed by atoms with Gasteiger partial charge in [0.25, 0.3) is 5.91 Å². The zero-order chi connectivity index (χ0) is 37.1. The number of esters is 1. The number of aliphatic carboxylic acids is 1. The molecule has 0 saturated carbocycles. The molecule has 270 valence electrons. The number of halogens is 3. The van der Waals surface area contributed by atoms with Gasteiger partial charge in [0.1, 0.15) is 36.3 Å². The fourth-order valence-electron chi connectivity index (χ4n) is 5.78. The van der Waals surface area contributed by atoms with Gasteiger partial charge in [0, 0.05) is 13.0 Å². The first-order valence-corrected chi connectivity index (χ1v) is 15.6. The summed E-state index contributed by atoms with van der Waals surface area (Å²) in [7, 11) is 0. The fraction of sp³-hybridized carbons (Fsp3) is 0.424. The smallest absolute Gasteiger partial charge is 0.475 e. The van der Waals surface area contributed by atoms with Gasteiger partial charge in [-0.2, -0.15) is 13.2 Å². The van der Waals surface area contributed by atoms with Gasteiger partial charge in [-0.25, -0.2) is 9.59 Å². The summed E-state index contributed by atoms with van der Waals surface area (Å²) in [6, 6.07) is 13.4. The Hall–Kier alpha value is -5.32. The second-order valence-electron chi connectivity index (χ2n) is 11.9. The summed E-state index contributed by atoms with van der Waals surface area (Å²) in [5, 5.41) is 25.6. The Morgan fingerprint density at radius 2 is 1.78 bits per heavy atom. The van der Waals surface area contributed by atoms with Crippen molar-refractivity contribution in [1.82, 2.24) is 16.0 Å². The molecule has 0 spiro atoms. The topological polar surface area (TPSA) is 240 Å². The number of carbonyl (C=O) groups excluding carboxylic acids is 5. The minimum absolute atomic E-state index is 0.00853. The molecule has 17 heteroatoms. The number of carboxylic acid groups (broad SMARTS) is 1. The number of amides is 2. The fourth-order valence-corrected chi connectivity index (χ4v) is 5.78. The Kier molecular flexibility index (Phi) is 13.2. The van der Waals surface area contributed by atoms with Crippen LogP contribution in [-0.2, 0) is 41.7 Å². The van der Waals surface area contributed by atoms with Crippen molar-refractivity contribution < 1.29 is 51.8 Å². The molecule has 8 N–H and O–H groups in total. The van der Waals surface area contributed by atoms with Gasteiger partial charge < -0.3 is 41.1 Å². The number of carboxylic acids is 1. The van der Waals surface area contributed by atoms with Crippen LogP contribution in [0.3, 0.4) is 0 Å². The number of guanidine groups is 1. The molecule has 1 fully saturated rings. The van der Waals surface area contributed by atoms with Crippen LogP contribution in [0, 0.1) is 11.3 Å². The van der Waals surface area contributed by atoms with Crippen molar-refractivity contribution in [2.75, 3.05) is 11.9 Å². The zero-order valence-corrected chi connectivity index (χ0v) is 27.1. The molecule has 0 bridgehead atoms. The van der Waals surface area contributed by atoms with Gasteiger partial charge in [-0.1, -0.05) is 49.7 Å². The highest BCUT2D eigenvalue weighted by Crippen LogP contribution is 2.48. The number of aryl methyl sites for hydroxylation is 1. The molecule has 2 aliphatic heterocycles. The number of fused-ring (bicyclic) bond motifs is 1. The molecular formula is C33H39F3N6O8. The number of aldehydes is 2. The van der Waals surface area contributed by atoms with E-state index >= 15 is 0 Å². The van der Waals surface area contributed by atoms with Gasteiger partial charge in [0.05, 0.1) is 11.3 Å². The van der Waals surface area contributed by atoms with E-state index in [1.807, 2.05) is 24.3 Å². The Morgan fingerprint density at radius 1 is 1.10 bits per heavy atom. The molecule has 1 saturated heterocycles. The summed E-state index contributed by atoms with van der Waals surface area (Å²) in [6.07, 6.45) is -0.825. The van der Waals surface area contributed by atoms with Gasteiger partial charge in [-0.05, 0) is 54.9 Å². The third kappa shape index (κ3) is 9.64. The van der Waals surface area contributed by atoms with E-state index in [0.29, 0.717) is 30.4 Å². The normalized spacial score (nSPS) is 21.4. The van der Waals surface area contributed by atoms with Gasteiger partial charge in [0.15, 0.2) is 5.96 Å². The molecule has 3 unspecified atom stereocenters. The number of carbonyl (C=O) groups is 6. The maximum absolute atomic E-state index is 13.5. The predicted molar refractivity (Wildman–Crippen MR) is 173 cm³/mol. The minimum Gasteiger partial charge on any atom is -0.475 e. The van der Waals surface area contributed by atoms with E-state index in [4.69, 9.17) is 25.8 Å². The summed E-state index contributed by atoms with van der Waals surface area (Å²) in [6.45, 7) is 2.28. The number of nitrogens with two attached hydrogens (primary N) is 1. The highest BCUT2D eigenvalue weighted by Gasteiger charge is 2.75. The number of anilines is 1. The molecule has 0 radical (unpaired) electrons. The van der Waals surface area contributed by atoms with E-state index in [1.165, 1.54) is 0 Å². The third-order valence-corrected chi connectivity index (χ3v) is 8.44. The molecular weight excluding hydrogens is 665 g/mol. The van der Waals surface area contributed by atoms with Crippen LogP contribution >= 0.6 is 0 Å². The van der Waals surface area contributed by atoms with E-state index in [2.05, 4.69) is 21.3 Å². The first-order valence-electron chi connectivity index (χ1n) is 15.6. The first-order chi connectivity index (χ1) is 23.6. The Balaban J connectivity index is 0.000000872. The lowest BCUT2D eigenvalue weighted by Crippen LogP contribution is -2.48. The highest BCUT2D eigenvalue weighted by atomic mass is 19.4. The van der Waals surface area contributed by atoms with Crippen LogP contribution in [0.4, 0.5) is 18.9 Å². The van der Waals surface area contributed by atoms with E-state index in [1.54, 1.807) is 31.2 Å². The summed E-state index contributed by atoms with van der Waals surface area (Å²) >= 11 is 0. The second kappa shape index (κ2) is 16.9. The molecule has 50 heavy (non-hydrogen) atoms. The van der Waals surface area contributed by atoms with Crippen LogP contribution in [-0.4, -0.2) is 77.2 Å². The van der Waals surface area contributed by atoms with E-state index in [0.717, 1.165) is 36.8 Å². The summed E-state index contributed by atoms with van der Waals surface area (Å²) in [5.74, 6) is -5.08. The SMILES string of the molecule is CC(CC1NC(=O)c2cc(CCCCCNC(=N)N)ccc2NC1=O)[C@@]1(C(=O)OCc2ccccc2)NC1(C=O)CC=O.O=C(O)C(F)(F)F. The van der Waals surface area contributed by atoms with Crippen LogP contribution in [0.2, 0.25) is 0 Å². The standard InChI is InChI=1S/C31H38N6O6.C2HF3O2/c1-20(31(30(19-39,37-31)13-15-38)28(42)43-18-22-9-4-2-5-10-22)16-25-27(41)35-24-12-11-21(17-23(24)26(40)36-25)8-6-3-7-14-34-29(32)33;3-2(4,5)1(6)7/h2,4-5,9-12,15,17,19-20,25,37H,3,6-8,13-14,16,18H2,1H3,(H,35,41)(H,36,40)(H4,32,33,34);(H,6,7)/t20?,25?,30?,31-;/m0./s1. The Morgan fingerprint density at radius 3 is 2.38 bits per heavy atom. The molecule has 4 rings (SSSR count). The van der Waals surface area contributed by atoms with E-state index < -0.39 is 53.0 Å². The lowest BCUT2D eigenvalue weighted by atomic mass is 9.78. The monoisotopic (exact) mass is 704 g/mol.